The lowest BCUT2D eigenvalue weighted by Gasteiger charge is -2.09. The summed E-state index contributed by atoms with van der Waals surface area (Å²) in [6.45, 7) is 7.00. The second kappa shape index (κ2) is 5.61. The second-order valence-electron chi connectivity index (χ2n) is 3.94. The summed E-state index contributed by atoms with van der Waals surface area (Å²) in [6, 6.07) is 0. The number of hydrogen-bond donors (Lipinski definition) is 0. The largest absolute Gasteiger partial charge is 0.378 e. The van der Waals surface area contributed by atoms with Gasteiger partial charge >= 0.3 is 0 Å². The van der Waals surface area contributed by atoms with E-state index in [1.165, 1.54) is 25.7 Å². The molecule has 0 N–H and O–H groups in total. The van der Waals surface area contributed by atoms with Crippen molar-refractivity contribution in [2.45, 2.75) is 51.6 Å². The fraction of sp³-hybridized carbons (Fsp3) is 1.00. The third-order valence-electron chi connectivity index (χ3n) is 2.70. The topological polar surface area (TPSA) is 21.8 Å². The van der Waals surface area contributed by atoms with Gasteiger partial charge in [-0.25, -0.2) is 0 Å². The van der Waals surface area contributed by atoms with E-state index in [1.54, 1.807) is 0 Å². The van der Waals surface area contributed by atoms with Gasteiger partial charge in [-0.15, -0.1) is 0 Å². The molecule has 0 saturated carbocycles. The zero-order valence-corrected chi connectivity index (χ0v) is 8.97. The monoisotopic (exact) mass is 186 g/mol. The summed E-state index contributed by atoms with van der Waals surface area (Å²) in [7, 11) is 0. The first-order valence-corrected chi connectivity index (χ1v) is 5.55. The molecule has 1 fully saturated rings. The average Bonchev–Trinajstić information content (AvgIpc) is 2.92. The van der Waals surface area contributed by atoms with Gasteiger partial charge < -0.3 is 9.47 Å². The summed E-state index contributed by atoms with van der Waals surface area (Å²) in [5, 5.41) is 0. The lowest BCUT2D eigenvalue weighted by Crippen LogP contribution is -2.18. The lowest BCUT2D eigenvalue weighted by atomic mass is 10.1. The van der Waals surface area contributed by atoms with Crippen molar-refractivity contribution in [2.75, 3.05) is 19.8 Å². The van der Waals surface area contributed by atoms with Crippen LogP contribution in [0.1, 0.15) is 46.0 Å². The molecule has 0 aromatic heterocycles. The molecule has 1 aliphatic rings. The molecule has 2 heteroatoms. The van der Waals surface area contributed by atoms with Gasteiger partial charge in [0.2, 0.25) is 0 Å². The summed E-state index contributed by atoms with van der Waals surface area (Å²) >= 11 is 0. The Bertz CT molecular complexity index is 130. The number of rotatable bonds is 8. The van der Waals surface area contributed by atoms with E-state index in [1.807, 2.05) is 0 Å². The van der Waals surface area contributed by atoms with Crippen LogP contribution in [0.15, 0.2) is 0 Å². The molecule has 1 aliphatic heterocycles. The molecule has 78 valence electrons. The Labute approximate surface area is 81.6 Å². The third-order valence-corrected chi connectivity index (χ3v) is 2.70. The minimum Gasteiger partial charge on any atom is -0.378 e. The van der Waals surface area contributed by atoms with Crippen LogP contribution in [0.2, 0.25) is 0 Å². The molecule has 1 unspecified atom stereocenters. The normalized spacial score (nSPS) is 26.3. The van der Waals surface area contributed by atoms with Crippen molar-refractivity contribution in [3.05, 3.63) is 0 Å². The molecule has 1 rings (SSSR count). The molecule has 0 amide bonds. The number of ether oxygens (including phenoxy) is 2. The van der Waals surface area contributed by atoms with Gasteiger partial charge in [0.25, 0.3) is 0 Å². The van der Waals surface area contributed by atoms with E-state index in [9.17, 15) is 0 Å². The average molecular weight is 186 g/mol. The van der Waals surface area contributed by atoms with E-state index in [2.05, 4.69) is 13.8 Å². The summed E-state index contributed by atoms with van der Waals surface area (Å²) < 4.78 is 10.9. The van der Waals surface area contributed by atoms with Crippen LogP contribution < -0.4 is 0 Å². The van der Waals surface area contributed by atoms with Gasteiger partial charge in [-0.3, -0.25) is 0 Å². The zero-order valence-electron chi connectivity index (χ0n) is 8.97. The number of epoxide rings is 1. The molecule has 1 atom stereocenters. The van der Waals surface area contributed by atoms with Crippen molar-refractivity contribution in [3.63, 3.8) is 0 Å². The Kier molecular flexibility index (Phi) is 4.74. The van der Waals surface area contributed by atoms with Crippen molar-refractivity contribution in [1.82, 2.24) is 0 Å². The minimum atomic E-state index is 0.116. The molecule has 0 aliphatic carbocycles. The van der Waals surface area contributed by atoms with Gasteiger partial charge in [-0.05, 0) is 12.8 Å². The molecule has 0 aromatic carbocycles. The Morgan fingerprint density at radius 1 is 1.23 bits per heavy atom. The quantitative estimate of drug-likeness (QED) is 0.429. The lowest BCUT2D eigenvalue weighted by molar-refractivity contribution is 0.0743. The van der Waals surface area contributed by atoms with Crippen LogP contribution in [-0.4, -0.2) is 25.4 Å². The van der Waals surface area contributed by atoms with Crippen LogP contribution in [-0.2, 0) is 9.47 Å². The molecule has 0 bridgehead atoms. The Morgan fingerprint density at radius 2 is 2.00 bits per heavy atom. The van der Waals surface area contributed by atoms with Crippen molar-refractivity contribution < 1.29 is 9.47 Å². The van der Waals surface area contributed by atoms with E-state index in [0.717, 1.165) is 26.2 Å². The highest BCUT2D eigenvalue weighted by Gasteiger charge is 2.42. The first-order valence-electron chi connectivity index (χ1n) is 5.55. The van der Waals surface area contributed by atoms with Gasteiger partial charge in [0.1, 0.15) is 5.60 Å². The predicted molar refractivity (Wildman–Crippen MR) is 53.9 cm³/mol. The maximum Gasteiger partial charge on any atom is 0.115 e. The van der Waals surface area contributed by atoms with Crippen LogP contribution in [0.4, 0.5) is 0 Å². The summed E-state index contributed by atoms with van der Waals surface area (Å²) in [5.74, 6) is 0. The van der Waals surface area contributed by atoms with Crippen LogP contribution in [0.3, 0.4) is 0 Å². The highest BCUT2D eigenvalue weighted by atomic mass is 16.6. The number of hydrogen-bond acceptors (Lipinski definition) is 2. The molecular formula is C11H22O2. The van der Waals surface area contributed by atoms with E-state index >= 15 is 0 Å². The Morgan fingerprint density at radius 3 is 2.54 bits per heavy atom. The van der Waals surface area contributed by atoms with Gasteiger partial charge in [0.05, 0.1) is 13.2 Å². The first-order chi connectivity index (χ1) is 6.33. The highest BCUT2D eigenvalue weighted by Crippen LogP contribution is 2.30. The van der Waals surface area contributed by atoms with Crippen molar-refractivity contribution in [3.8, 4) is 0 Å². The molecule has 0 aromatic rings. The molecule has 1 heterocycles. The van der Waals surface area contributed by atoms with E-state index < -0.39 is 0 Å². The summed E-state index contributed by atoms with van der Waals surface area (Å²) in [5.41, 5.74) is 0.116. The zero-order chi connectivity index (χ0) is 9.57. The van der Waals surface area contributed by atoms with Crippen molar-refractivity contribution >= 4 is 0 Å². The van der Waals surface area contributed by atoms with E-state index in [-0.39, 0.29) is 5.60 Å². The summed E-state index contributed by atoms with van der Waals surface area (Å²) in [4.78, 5) is 0. The van der Waals surface area contributed by atoms with Crippen LogP contribution in [0, 0.1) is 0 Å². The van der Waals surface area contributed by atoms with E-state index in [0.29, 0.717) is 0 Å². The SMILES string of the molecule is CCCCCCOCC1(CC)CO1. The predicted octanol–water partition coefficient (Wildman–Crippen LogP) is 2.76. The second-order valence-corrected chi connectivity index (χ2v) is 3.94. The van der Waals surface area contributed by atoms with Gasteiger partial charge in [-0.2, -0.15) is 0 Å². The summed E-state index contributed by atoms with van der Waals surface area (Å²) in [6.07, 6.45) is 6.22. The maximum absolute atomic E-state index is 5.57. The van der Waals surface area contributed by atoms with Crippen LogP contribution >= 0.6 is 0 Å². The Balaban J connectivity index is 1.84. The maximum atomic E-state index is 5.57. The molecule has 2 nitrogen and oxygen atoms in total. The van der Waals surface area contributed by atoms with Crippen molar-refractivity contribution in [1.29, 1.82) is 0 Å². The number of unbranched alkanes of at least 4 members (excludes halogenated alkanes) is 3. The van der Waals surface area contributed by atoms with E-state index in [4.69, 9.17) is 9.47 Å². The molecule has 1 saturated heterocycles. The molecular weight excluding hydrogens is 164 g/mol. The van der Waals surface area contributed by atoms with Gasteiger partial charge in [0.15, 0.2) is 0 Å². The van der Waals surface area contributed by atoms with Crippen LogP contribution in [0.25, 0.3) is 0 Å². The fourth-order valence-electron chi connectivity index (χ4n) is 1.38. The smallest absolute Gasteiger partial charge is 0.115 e. The Hall–Kier alpha value is -0.0800. The van der Waals surface area contributed by atoms with Crippen molar-refractivity contribution in [2.24, 2.45) is 0 Å². The highest BCUT2D eigenvalue weighted by molar-refractivity contribution is 4.90. The van der Waals surface area contributed by atoms with Crippen LogP contribution in [0.5, 0.6) is 0 Å². The third kappa shape index (κ3) is 4.10. The fourth-order valence-corrected chi connectivity index (χ4v) is 1.38. The first kappa shape index (κ1) is 11.0. The van der Waals surface area contributed by atoms with Gasteiger partial charge in [-0.1, -0.05) is 33.1 Å². The molecule has 0 radical (unpaired) electrons. The molecule has 0 spiro atoms. The standard InChI is InChI=1S/C11H22O2/c1-3-5-6-7-8-12-9-11(4-2)10-13-11/h3-10H2,1-2H3. The van der Waals surface area contributed by atoms with Gasteiger partial charge in [0, 0.05) is 6.61 Å². The minimum absolute atomic E-state index is 0.116. The molecule has 13 heavy (non-hydrogen) atoms.